The Labute approximate surface area is 258 Å². The maximum atomic E-state index is 13.0. The van der Waals surface area contributed by atoms with E-state index in [1.807, 2.05) is 24.3 Å². The topological polar surface area (TPSA) is 111 Å². The minimum atomic E-state index is -3.61. The molecule has 0 heterocycles. The lowest BCUT2D eigenvalue weighted by atomic mass is 9.91. The minimum Gasteiger partial charge on any atom is -0.422 e. The van der Waals surface area contributed by atoms with Crippen LogP contribution in [-0.4, -0.2) is 59.0 Å². The number of nitrogens with two attached hydrogens (primary N) is 2. The van der Waals surface area contributed by atoms with E-state index in [2.05, 4.69) is 13.8 Å². The summed E-state index contributed by atoms with van der Waals surface area (Å²) in [4.78, 5) is 0. The average molecular weight is 674 g/mol. The molecule has 2 unspecified atom stereocenters. The second-order valence-corrected chi connectivity index (χ2v) is 14.0. The van der Waals surface area contributed by atoms with Crippen LogP contribution in [0.25, 0.3) is 11.1 Å². The molecule has 2 rings (SSSR count). The van der Waals surface area contributed by atoms with E-state index in [1.54, 1.807) is 24.3 Å². The van der Waals surface area contributed by atoms with E-state index in [-0.39, 0.29) is 23.5 Å². The number of rotatable bonds is 18. The van der Waals surface area contributed by atoms with Crippen molar-refractivity contribution in [2.24, 2.45) is 11.0 Å². The Hall–Kier alpha value is -0.760. The van der Waals surface area contributed by atoms with Gasteiger partial charge >= 0.3 is 15.3 Å². The Balaban J connectivity index is 2.28. The van der Waals surface area contributed by atoms with Crippen LogP contribution in [-0.2, 0) is 9.13 Å². The van der Waals surface area contributed by atoms with Gasteiger partial charge in [-0.2, -0.15) is 0 Å². The van der Waals surface area contributed by atoms with Crippen molar-refractivity contribution in [2.75, 3.05) is 49.7 Å². The summed E-state index contributed by atoms with van der Waals surface area (Å²) in [5, 5.41) is 0. The van der Waals surface area contributed by atoms with Crippen LogP contribution in [0.15, 0.2) is 48.5 Å². The van der Waals surface area contributed by atoms with Crippen LogP contribution in [0, 0.1) is 0 Å². The zero-order chi connectivity index (χ0) is 29.8. The second-order valence-electron chi connectivity index (χ2n) is 8.69. The molecule has 0 bridgehead atoms. The van der Waals surface area contributed by atoms with E-state index < -0.39 is 15.3 Å². The second kappa shape index (κ2) is 17.4. The predicted molar refractivity (Wildman–Crippen MR) is 171 cm³/mol. The van der Waals surface area contributed by atoms with E-state index in [9.17, 15) is 9.13 Å². The summed E-state index contributed by atoms with van der Waals surface area (Å²) in [7, 11) is -7.23. The molecule has 0 aliphatic carbocycles. The summed E-state index contributed by atoms with van der Waals surface area (Å²) in [5.41, 5.74) is 16.3. The van der Waals surface area contributed by atoms with Crippen LogP contribution in [0.5, 0.6) is 11.5 Å². The maximum Gasteiger partial charge on any atom is 0.390 e. The molecule has 0 saturated carbocycles. The third-order valence-corrected chi connectivity index (χ3v) is 10.1. The molecule has 224 valence electrons. The van der Waals surface area contributed by atoms with Crippen molar-refractivity contribution < 1.29 is 18.2 Å². The SMILES string of the molecule is CCC(=C(CC)c1ccc(OP(N)(=O)N(CCCl)CCCl)cc1)c1ccc(OP(N)(=O)N(CCCl)CCCl)cc1. The number of halogens is 4. The fourth-order valence-electron chi connectivity index (χ4n) is 4.21. The van der Waals surface area contributed by atoms with Crippen molar-refractivity contribution in [2.45, 2.75) is 26.7 Å². The molecule has 0 amide bonds. The van der Waals surface area contributed by atoms with Crippen molar-refractivity contribution in [1.29, 1.82) is 0 Å². The molecule has 40 heavy (non-hydrogen) atoms. The van der Waals surface area contributed by atoms with Gasteiger partial charge in [0.1, 0.15) is 11.5 Å². The number of hydrogen-bond acceptors (Lipinski definition) is 4. The van der Waals surface area contributed by atoms with Crippen LogP contribution in [0.2, 0.25) is 0 Å². The number of alkyl halides is 4. The van der Waals surface area contributed by atoms with Gasteiger partial charge in [0.2, 0.25) is 0 Å². The highest BCUT2D eigenvalue weighted by molar-refractivity contribution is 7.54. The van der Waals surface area contributed by atoms with Crippen molar-refractivity contribution in [3.05, 3.63) is 59.7 Å². The van der Waals surface area contributed by atoms with Gasteiger partial charge in [0.05, 0.1) is 0 Å². The highest BCUT2D eigenvalue weighted by Gasteiger charge is 2.29. The Morgan fingerprint density at radius 1 is 0.625 bits per heavy atom. The fraction of sp³-hybridized carbons (Fsp3) is 0.462. The summed E-state index contributed by atoms with van der Waals surface area (Å²) in [6, 6.07) is 14.7. The molecule has 0 aliphatic rings. The Morgan fingerprint density at radius 3 is 1.12 bits per heavy atom. The Bertz CT molecular complexity index is 1080. The predicted octanol–water partition coefficient (Wildman–Crippen LogP) is 7.87. The van der Waals surface area contributed by atoms with E-state index in [4.69, 9.17) is 66.5 Å². The van der Waals surface area contributed by atoms with Gasteiger partial charge in [-0.25, -0.2) is 29.5 Å². The molecule has 0 radical (unpaired) electrons. The molecule has 0 saturated heterocycles. The summed E-state index contributed by atoms with van der Waals surface area (Å²) in [5.74, 6) is 1.80. The fourth-order valence-corrected chi connectivity index (χ4v) is 8.09. The molecule has 0 spiro atoms. The lowest BCUT2D eigenvalue weighted by Gasteiger charge is -2.27. The van der Waals surface area contributed by atoms with E-state index in [0.29, 0.717) is 37.7 Å². The lowest BCUT2D eigenvalue weighted by molar-refractivity contribution is 0.372. The molecular formula is C26H38Cl4N4O4P2. The van der Waals surface area contributed by atoms with Crippen LogP contribution >= 0.6 is 61.7 Å². The smallest absolute Gasteiger partial charge is 0.390 e. The summed E-state index contributed by atoms with van der Waals surface area (Å²) < 4.78 is 40.3. The van der Waals surface area contributed by atoms with Gasteiger partial charge in [-0.3, -0.25) is 0 Å². The molecule has 2 aromatic rings. The molecule has 2 aromatic carbocycles. The molecule has 2 atom stereocenters. The van der Waals surface area contributed by atoms with E-state index in [0.717, 1.165) is 35.1 Å². The van der Waals surface area contributed by atoms with E-state index >= 15 is 0 Å². The zero-order valence-electron chi connectivity index (χ0n) is 22.8. The van der Waals surface area contributed by atoms with Crippen LogP contribution < -0.4 is 20.1 Å². The molecule has 0 aliphatic heterocycles. The number of hydrogen-bond donors (Lipinski definition) is 2. The molecule has 4 N–H and O–H groups in total. The monoisotopic (exact) mass is 672 g/mol. The maximum absolute atomic E-state index is 13.0. The highest BCUT2D eigenvalue weighted by atomic mass is 35.5. The first-order chi connectivity index (χ1) is 19.1. The number of allylic oxidation sites excluding steroid dienone is 2. The van der Waals surface area contributed by atoms with Crippen molar-refractivity contribution in [3.63, 3.8) is 0 Å². The average Bonchev–Trinajstić information content (AvgIpc) is 2.92. The summed E-state index contributed by atoms with van der Waals surface area (Å²) >= 11 is 23.3. The van der Waals surface area contributed by atoms with Gasteiger partial charge in [-0.05, 0) is 59.4 Å². The zero-order valence-corrected chi connectivity index (χ0v) is 27.6. The van der Waals surface area contributed by atoms with Gasteiger partial charge in [0.15, 0.2) is 0 Å². The molecule has 8 nitrogen and oxygen atoms in total. The van der Waals surface area contributed by atoms with Crippen molar-refractivity contribution in [3.8, 4) is 11.5 Å². The van der Waals surface area contributed by atoms with Crippen molar-refractivity contribution in [1.82, 2.24) is 9.34 Å². The Kier molecular flexibility index (Phi) is 15.4. The summed E-state index contributed by atoms with van der Waals surface area (Å²) in [6.07, 6.45) is 1.56. The first kappa shape index (κ1) is 35.4. The highest BCUT2D eigenvalue weighted by Crippen LogP contribution is 2.45. The third-order valence-electron chi connectivity index (χ3n) is 6.11. The van der Waals surface area contributed by atoms with Gasteiger partial charge < -0.3 is 9.05 Å². The van der Waals surface area contributed by atoms with E-state index in [1.165, 1.54) is 9.34 Å². The first-order valence-electron chi connectivity index (χ1n) is 12.9. The van der Waals surface area contributed by atoms with Crippen LogP contribution in [0.1, 0.15) is 37.8 Å². The normalized spacial score (nSPS) is 15.4. The number of nitrogens with zero attached hydrogens (tertiary/aromatic N) is 2. The Morgan fingerprint density at radius 2 is 0.900 bits per heavy atom. The third kappa shape index (κ3) is 10.2. The van der Waals surface area contributed by atoms with Gasteiger partial charge in [0.25, 0.3) is 0 Å². The molecular weight excluding hydrogens is 636 g/mol. The molecule has 0 aromatic heterocycles. The van der Waals surface area contributed by atoms with Gasteiger partial charge in [0, 0.05) is 49.7 Å². The summed E-state index contributed by atoms with van der Waals surface area (Å²) in [6.45, 7) is 5.38. The van der Waals surface area contributed by atoms with Crippen molar-refractivity contribution >= 4 is 72.9 Å². The largest absolute Gasteiger partial charge is 0.422 e. The van der Waals surface area contributed by atoms with Gasteiger partial charge in [-0.1, -0.05) is 38.1 Å². The van der Waals surface area contributed by atoms with Gasteiger partial charge in [-0.15, -0.1) is 46.4 Å². The molecule has 14 heteroatoms. The lowest BCUT2D eigenvalue weighted by Crippen LogP contribution is -2.30. The standard InChI is InChI=1S/C26H38Cl4N4O4P2/c1-3-25(21-5-9-23(10-6-21)37-39(31,35)33(17-13-27)18-14-28)26(4-2)22-7-11-24(12-8-22)38-40(32,36)34(19-15-29)20-16-30/h5-12H,3-4,13-20H2,1-2H3,(H2,31,35)(H2,32,36). The quantitative estimate of drug-likeness (QED) is 0.0935. The van der Waals surface area contributed by atoms with Crippen LogP contribution in [0.3, 0.4) is 0 Å². The first-order valence-corrected chi connectivity index (χ1v) is 18.3. The number of benzene rings is 2. The van der Waals surface area contributed by atoms with Crippen LogP contribution in [0.4, 0.5) is 0 Å². The molecule has 0 fully saturated rings. The minimum absolute atomic E-state index is 0.254.